The molecule has 0 radical (unpaired) electrons. The number of amides is 1. The monoisotopic (exact) mass is 339 g/mol. The van der Waals surface area contributed by atoms with Crippen LogP contribution in [0.15, 0.2) is 0 Å². The summed E-state index contributed by atoms with van der Waals surface area (Å²) in [4.78, 5) is 23.1. The molecule has 0 saturated carbocycles. The van der Waals surface area contributed by atoms with E-state index in [4.69, 9.17) is 9.47 Å². The molecule has 112 valence electrons. The molecule has 0 fully saturated rings. The lowest BCUT2D eigenvalue weighted by molar-refractivity contribution is -0.144. The van der Waals surface area contributed by atoms with Crippen LogP contribution in [0.5, 0.6) is 0 Å². The zero-order valence-corrected chi connectivity index (χ0v) is 13.4. The summed E-state index contributed by atoms with van der Waals surface area (Å²) in [6, 6.07) is -0.866. The van der Waals surface area contributed by atoms with Crippen LogP contribution >= 0.6 is 15.9 Å². The number of hydrogen-bond acceptors (Lipinski definition) is 5. The normalized spacial score (nSPS) is 12.7. The quantitative estimate of drug-likeness (QED) is 0.435. The summed E-state index contributed by atoms with van der Waals surface area (Å²) in [6.45, 7) is 5.78. The van der Waals surface area contributed by atoms with E-state index in [0.717, 1.165) is 11.8 Å². The average molecular weight is 340 g/mol. The van der Waals surface area contributed by atoms with Crippen molar-refractivity contribution in [1.29, 1.82) is 0 Å². The summed E-state index contributed by atoms with van der Waals surface area (Å²) in [5.41, 5.74) is -0.623. The van der Waals surface area contributed by atoms with Crippen LogP contribution in [0, 0.1) is 0 Å². The zero-order chi connectivity index (χ0) is 14.9. The summed E-state index contributed by atoms with van der Waals surface area (Å²) < 4.78 is 15.0. The van der Waals surface area contributed by atoms with Crippen molar-refractivity contribution in [2.75, 3.05) is 25.7 Å². The molecule has 0 aliphatic heterocycles. The van der Waals surface area contributed by atoms with Gasteiger partial charge in [0, 0.05) is 11.9 Å². The number of halogens is 1. The number of rotatable bonds is 7. The second-order valence-electron chi connectivity index (χ2n) is 4.84. The van der Waals surface area contributed by atoms with E-state index in [-0.39, 0.29) is 6.61 Å². The molecule has 0 aromatic heterocycles. The van der Waals surface area contributed by atoms with E-state index >= 15 is 0 Å². The number of alkyl halides is 1. The summed E-state index contributed by atoms with van der Waals surface area (Å²) in [5.74, 6) is -0.565. The third-order valence-corrected chi connectivity index (χ3v) is 2.44. The number of ether oxygens (including phenoxy) is 3. The largest absolute Gasteiger partial charge is 0.467 e. The van der Waals surface area contributed by atoms with Crippen molar-refractivity contribution in [3.05, 3.63) is 0 Å². The van der Waals surface area contributed by atoms with Crippen LogP contribution in [0.3, 0.4) is 0 Å². The Balaban J connectivity index is 4.27. The first-order chi connectivity index (χ1) is 8.80. The van der Waals surface area contributed by atoms with E-state index in [1.54, 1.807) is 20.8 Å². The van der Waals surface area contributed by atoms with Gasteiger partial charge < -0.3 is 19.5 Å². The number of methoxy groups -OCH3 is 1. The summed E-state index contributed by atoms with van der Waals surface area (Å²) in [5, 5.41) is 3.24. The van der Waals surface area contributed by atoms with E-state index in [1.165, 1.54) is 7.11 Å². The maximum Gasteiger partial charge on any atom is 0.408 e. The van der Waals surface area contributed by atoms with E-state index < -0.39 is 23.7 Å². The van der Waals surface area contributed by atoms with Gasteiger partial charge in [0.15, 0.2) is 6.04 Å². The molecular weight excluding hydrogens is 318 g/mol. The Morgan fingerprint density at radius 3 is 2.42 bits per heavy atom. The van der Waals surface area contributed by atoms with Crippen LogP contribution in [0.1, 0.15) is 27.2 Å². The molecule has 0 rings (SSSR count). The molecule has 19 heavy (non-hydrogen) atoms. The lowest BCUT2D eigenvalue weighted by Crippen LogP contribution is -2.46. The fourth-order valence-electron chi connectivity index (χ4n) is 1.12. The highest BCUT2D eigenvalue weighted by molar-refractivity contribution is 9.09. The SMILES string of the molecule is COC(=O)C(COCCCBr)NC(=O)OC(C)(C)C. The van der Waals surface area contributed by atoms with Gasteiger partial charge in [-0.1, -0.05) is 15.9 Å². The van der Waals surface area contributed by atoms with Crippen molar-refractivity contribution in [1.82, 2.24) is 5.32 Å². The second kappa shape index (κ2) is 9.14. The highest BCUT2D eigenvalue weighted by Crippen LogP contribution is 2.07. The van der Waals surface area contributed by atoms with Gasteiger partial charge >= 0.3 is 12.1 Å². The fourth-order valence-corrected chi connectivity index (χ4v) is 1.35. The molecule has 0 aromatic carbocycles. The minimum absolute atomic E-state index is 0.0545. The highest BCUT2D eigenvalue weighted by atomic mass is 79.9. The summed E-state index contributed by atoms with van der Waals surface area (Å²) >= 11 is 3.27. The molecule has 6 nitrogen and oxygen atoms in total. The number of carbonyl (C=O) groups excluding carboxylic acids is 2. The molecule has 0 spiro atoms. The Morgan fingerprint density at radius 2 is 1.95 bits per heavy atom. The Labute approximate surface area is 122 Å². The van der Waals surface area contributed by atoms with Crippen molar-refractivity contribution in [2.45, 2.75) is 38.8 Å². The van der Waals surface area contributed by atoms with Crippen LogP contribution < -0.4 is 5.32 Å². The highest BCUT2D eigenvalue weighted by Gasteiger charge is 2.25. The third-order valence-electron chi connectivity index (χ3n) is 1.88. The van der Waals surface area contributed by atoms with Gasteiger partial charge in [0.1, 0.15) is 5.60 Å². The lowest BCUT2D eigenvalue weighted by atomic mass is 10.2. The van der Waals surface area contributed by atoms with Crippen molar-refractivity contribution in [3.63, 3.8) is 0 Å². The van der Waals surface area contributed by atoms with Crippen LogP contribution in [-0.2, 0) is 19.0 Å². The number of carbonyl (C=O) groups is 2. The van der Waals surface area contributed by atoms with Crippen LogP contribution in [0.2, 0.25) is 0 Å². The molecule has 1 amide bonds. The van der Waals surface area contributed by atoms with Crippen LogP contribution in [0.25, 0.3) is 0 Å². The summed E-state index contributed by atoms with van der Waals surface area (Å²) in [7, 11) is 1.25. The first-order valence-electron chi connectivity index (χ1n) is 6.01. The van der Waals surface area contributed by atoms with E-state index in [9.17, 15) is 9.59 Å². The van der Waals surface area contributed by atoms with Crippen LogP contribution in [-0.4, -0.2) is 49.4 Å². The first kappa shape index (κ1) is 18.2. The minimum atomic E-state index is -0.866. The van der Waals surface area contributed by atoms with Gasteiger partial charge in [-0.15, -0.1) is 0 Å². The number of hydrogen-bond donors (Lipinski definition) is 1. The Bertz CT molecular complexity index is 290. The topological polar surface area (TPSA) is 73.9 Å². The molecule has 1 atom stereocenters. The molecular formula is C12H22BrNO5. The van der Waals surface area contributed by atoms with Gasteiger partial charge in [0.25, 0.3) is 0 Å². The second-order valence-corrected chi connectivity index (χ2v) is 5.63. The van der Waals surface area contributed by atoms with Crippen molar-refractivity contribution < 1.29 is 23.8 Å². The zero-order valence-electron chi connectivity index (χ0n) is 11.8. The standard InChI is InChI=1S/C12H22BrNO5/c1-12(2,3)19-11(16)14-9(10(15)17-4)8-18-7-5-6-13/h9H,5-8H2,1-4H3,(H,14,16). The Hall–Kier alpha value is -0.820. The maximum atomic E-state index is 11.6. The van der Waals surface area contributed by atoms with Gasteiger partial charge in [-0.25, -0.2) is 9.59 Å². The van der Waals surface area contributed by atoms with Gasteiger partial charge in [-0.2, -0.15) is 0 Å². The van der Waals surface area contributed by atoms with Gasteiger partial charge in [-0.3, -0.25) is 0 Å². The number of nitrogens with one attached hydrogen (secondary N) is 1. The third kappa shape index (κ3) is 9.72. The smallest absolute Gasteiger partial charge is 0.408 e. The minimum Gasteiger partial charge on any atom is -0.467 e. The molecule has 0 saturated heterocycles. The predicted octanol–water partition coefficient (Wildman–Crippen LogP) is 1.85. The first-order valence-corrected chi connectivity index (χ1v) is 7.13. The Morgan fingerprint density at radius 1 is 1.32 bits per heavy atom. The van der Waals surface area contributed by atoms with E-state index in [1.807, 2.05) is 0 Å². The van der Waals surface area contributed by atoms with Crippen LogP contribution in [0.4, 0.5) is 4.79 Å². The van der Waals surface area contributed by atoms with Crippen molar-refractivity contribution in [2.24, 2.45) is 0 Å². The van der Waals surface area contributed by atoms with Crippen molar-refractivity contribution in [3.8, 4) is 0 Å². The van der Waals surface area contributed by atoms with E-state index in [0.29, 0.717) is 6.61 Å². The Kier molecular flexibility index (Phi) is 8.75. The summed E-state index contributed by atoms with van der Waals surface area (Å²) in [6.07, 6.45) is 0.146. The molecule has 1 N–H and O–H groups in total. The molecule has 0 aliphatic rings. The average Bonchev–Trinajstić information content (AvgIpc) is 2.29. The van der Waals surface area contributed by atoms with Gasteiger partial charge in [-0.05, 0) is 27.2 Å². The van der Waals surface area contributed by atoms with Gasteiger partial charge in [0.05, 0.1) is 13.7 Å². The number of esters is 1. The lowest BCUT2D eigenvalue weighted by Gasteiger charge is -2.22. The molecule has 1 unspecified atom stereocenters. The molecule has 0 aliphatic carbocycles. The van der Waals surface area contributed by atoms with Gasteiger partial charge in [0.2, 0.25) is 0 Å². The number of alkyl carbamates (subject to hydrolysis) is 1. The molecule has 0 heterocycles. The molecule has 0 bridgehead atoms. The maximum absolute atomic E-state index is 11.6. The molecule has 0 aromatic rings. The fraction of sp³-hybridized carbons (Fsp3) is 0.833. The molecule has 7 heteroatoms. The van der Waals surface area contributed by atoms with Crippen molar-refractivity contribution >= 4 is 28.0 Å². The predicted molar refractivity (Wildman–Crippen MR) is 74.4 cm³/mol. The van der Waals surface area contributed by atoms with E-state index in [2.05, 4.69) is 26.0 Å².